The number of rotatable bonds is 8. The van der Waals surface area contributed by atoms with Crippen LogP contribution in [0.25, 0.3) is 10.9 Å². The maximum Gasteiger partial charge on any atom is 0.261 e. The van der Waals surface area contributed by atoms with Crippen LogP contribution in [0.5, 0.6) is 0 Å². The predicted molar refractivity (Wildman–Crippen MR) is 137 cm³/mol. The smallest absolute Gasteiger partial charge is 0.261 e. The van der Waals surface area contributed by atoms with Crippen molar-refractivity contribution < 1.29 is 9.59 Å². The number of hydrogen-bond donors (Lipinski definition) is 2. The summed E-state index contributed by atoms with van der Waals surface area (Å²) >= 11 is 0. The van der Waals surface area contributed by atoms with Crippen LogP contribution in [-0.2, 0) is 11.3 Å². The Morgan fingerprint density at radius 3 is 2.51 bits per heavy atom. The molecule has 1 heterocycles. The van der Waals surface area contributed by atoms with Crippen molar-refractivity contribution in [1.82, 2.24) is 14.9 Å². The zero-order chi connectivity index (χ0) is 24.8. The number of anilines is 1. The van der Waals surface area contributed by atoms with Crippen LogP contribution in [0.15, 0.2) is 83.9 Å². The van der Waals surface area contributed by atoms with Gasteiger partial charge >= 0.3 is 0 Å². The summed E-state index contributed by atoms with van der Waals surface area (Å²) in [6, 6.07) is 22.0. The quantitative estimate of drug-likeness (QED) is 0.395. The Morgan fingerprint density at radius 2 is 1.71 bits per heavy atom. The van der Waals surface area contributed by atoms with Gasteiger partial charge in [-0.1, -0.05) is 54.6 Å². The lowest BCUT2D eigenvalue weighted by atomic mass is 10.1. The van der Waals surface area contributed by atoms with Crippen molar-refractivity contribution >= 4 is 28.4 Å². The highest BCUT2D eigenvalue weighted by Crippen LogP contribution is 2.18. The Balaban J connectivity index is 1.37. The standard InChI is InChI=1S/C28H28N4O3/c1-19-10-8-14-23-26(19)29-18-32(28(23)35)17-9-16-25(33)31-24-15-7-6-13-22(24)27(34)30-20(2)21-11-4-3-5-12-21/h3-8,10-15,18,20H,9,16-17H2,1-2H3,(H,30,34)(H,31,33). The highest BCUT2D eigenvalue weighted by atomic mass is 16.2. The third-order valence-electron chi connectivity index (χ3n) is 5.95. The maximum absolute atomic E-state index is 12.9. The first kappa shape index (κ1) is 23.9. The molecule has 178 valence electrons. The van der Waals surface area contributed by atoms with Gasteiger partial charge in [0.15, 0.2) is 0 Å². The molecule has 0 aliphatic rings. The molecule has 3 aromatic carbocycles. The summed E-state index contributed by atoms with van der Waals surface area (Å²) in [5.74, 6) is -0.486. The van der Waals surface area contributed by atoms with Gasteiger partial charge in [-0.3, -0.25) is 19.0 Å². The van der Waals surface area contributed by atoms with E-state index in [1.807, 2.05) is 56.3 Å². The van der Waals surface area contributed by atoms with E-state index in [1.165, 1.54) is 10.9 Å². The molecule has 7 nitrogen and oxygen atoms in total. The number of hydrogen-bond acceptors (Lipinski definition) is 4. The lowest BCUT2D eigenvalue weighted by Crippen LogP contribution is -2.28. The van der Waals surface area contributed by atoms with E-state index in [0.717, 1.165) is 11.1 Å². The molecular weight excluding hydrogens is 440 g/mol. The van der Waals surface area contributed by atoms with Crippen molar-refractivity contribution in [2.24, 2.45) is 0 Å². The lowest BCUT2D eigenvalue weighted by Gasteiger charge is -2.16. The van der Waals surface area contributed by atoms with Crippen molar-refractivity contribution in [2.45, 2.75) is 39.3 Å². The zero-order valence-electron chi connectivity index (χ0n) is 19.8. The lowest BCUT2D eigenvalue weighted by molar-refractivity contribution is -0.116. The van der Waals surface area contributed by atoms with Gasteiger partial charge in [-0.25, -0.2) is 4.98 Å². The minimum atomic E-state index is -0.263. The highest BCUT2D eigenvalue weighted by Gasteiger charge is 2.16. The van der Waals surface area contributed by atoms with Gasteiger partial charge < -0.3 is 10.6 Å². The monoisotopic (exact) mass is 468 g/mol. The van der Waals surface area contributed by atoms with E-state index in [2.05, 4.69) is 15.6 Å². The number of carbonyl (C=O) groups is 2. The van der Waals surface area contributed by atoms with Gasteiger partial charge in [0.1, 0.15) is 0 Å². The molecule has 35 heavy (non-hydrogen) atoms. The molecule has 0 aliphatic heterocycles. The van der Waals surface area contributed by atoms with Gasteiger partial charge in [0.25, 0.3) is 11.5 Å². The summed E-state index contributed by atoms with van der Waals surface area (Å²) in [6.07, 6.45) is 2.20. The number of aromatic nitrogens is 2. The molecule has 7 heteroatoms. The molecule has 0 aliphatic carbocycles. The van der Waals surface area contributed by atoms with Gasteiger partial charge in [-0.2, -0.15) is 0 Å². The number of carbonyl (C=O) groups excluding carboxylic acids is 2. The summed E-state index contributed by atoms with van der Waals surface area (Å²) < 4.78 is 1.53. The number of nitrogens with zero attached hydrogens (tertiary/aromatic N) is 2. The molecule has 0 bridgehead atoms. The number of para-hydroxylation sites is 2. The van der Waals surface area contributed by atoms with Crippen molar-refractivity contribution in [3.63, 3.8) is 0 Å². The first-order chi connectivity index (χ1) is 16.9. The largest absolute Gasteiger partial charge is 0.345 e. The molecule has 0 saturated heterocycles. The molecular formula is C28H28N4O3. The Bertz CT molecular complexity index is 1410. The van der Waals surface area contributed by atoms with E-state index in [4.69, 9.17) is 0 Å². The first-order valence-corrected chi connectivity index (χ1v) is 11.6. The summed E-state index contributed by atoms with van der Waals surface area (Å²) in [5, 5.41) is 6.39. The Hall–Kier alpha value is -4.26. The van der Waals surface area contributed by atoms with Crippen LogP contribution in [0.3, 0.4) is 0 Å². The highest BCUT2D eigenvalue weighted by molar-refractivity contribution is 6.03. The third kappa shape index (κ3) is 5.63. The fraction of sp³-hybridized carbons (Fsp3) is 0.214. The summed E-state index contributed by atoms with van der Waals surface area (Å²) in [7, 11) is 0. The fourth-order valence-electron chi connectivity index (χ4n) is 4.01. The molecule has 1 aromatic heterocycles. The SMILES string of the molecule is Cc1cccc2c(=O)n(CCCC(=O)Nc3ccccc3C(=O)NC(C)c3ccccc3)cnc12. The Kier molecular flexibility index (Phi) is 7.35. The average molecular weight is 469 g/mol. The van der Waals surface area contributed by atoms with Crippen LogP contribution in [0.2, 0.25) is 0 Å². The minimum absolute atomic E-state index is 0.117. The minimum Gasteiger partial charge on any atom is -0.345 e. The molecule has 1 atom stereocenters. The van der Waals surface area contributed by atoms with E-state index in [-0.39, 0.29) is 29.8 Å². The van der Waals surface area contributed by atoms with E-state index in [1.54, 1.807) is 30.3 Å². The van der Waals surface area contributed by atoms with Gasteiger partial charge in [0, 0.05) is 13.0 Å². The van der Waals surface area contributed by atoms with Crippen LogP contribution >= 0.6 is 0 Å². The van der Waals surface area contributed by atoms with Gasteiger partial charge in [0.2, 0.25) is 5.91 Å². The number of nitrogens with one attached hydrogen (secondary N) is 2. The molecule has 0 saturated carbocycles. The van der Waals surface area contributed by atoms with Gasteiger partial charge in [-0.05, 0) is 49.6 Å². The third-order valence-corrected chi connectivity index (χ3v) is 5.95. The van der Waals surface area contributed by atoms with Crippen LogP contribution in [0.4, 0.5) is 5.69 Å². The summed E-state index contributed by atoms with van der Waals surface area (Å²) in [5.41, 5.74) is 3.38. The van der Waals surface area contributed by atoms with E-state index in [0.29, 0.717) is 35.1 Å². The normalized spacial score (nSPS) is 11.7. The van der Waals surface area contributed by atoms with Crippen molar-refractivity contribution in [3.05, 3.63) is 106 Å². The topological polar surface area (TPSA) is 93.1 Å². The van der Waals surface area contributed by atoms with Crippen LogP contribution in [0.1, 0.15) is 47.3 Å². The molecule has 2 N–H and O–H groups in total. The van der Waals surface area contributed by atoms with Gasteiger partial charge in [0.05, 0.1) is 34.5 Å². The molecule has 2 amide bonds. The maximum atomic E-state index is 12.9. The zero-order valence-corrected chi connectivity index (χ0v) is 19.8. The number of amides is 2. The second-order valence-electron chi connectivity index (χ2n) is 8.52. The second-order valence-corrected chi connectivity index (χ2v) is 8.52. The van der Waals surface area contributed by atoms with Crippen molar-refractivity contribution in [3.8, 4) is 0 Å². The van der Waals surface area contributed by atoms with E-state index >= 15 is 0 Å². The first-order valence-electron chi connectivity index (χ1n) is 11.6. The molecule has 4 rings (SSSR count). The molecule has 0 spiro atoms. The van der Waals surface area contributed by atoms with Crippen LogP contribution < -0.4 is 16.2 Å². The van der Waals surface area contributed by atoms with Gasteiger partial charge in [-0.15, -0.1) is 0 Å². The summed E-state index contributed by atoms with van der Waals surface area (Å²) in [6.45, 7) is 4.21. The second kappa shape index (κ2) is 10.8. The number of benzene rings is 3. The molecule has 0 fully saturated rings. The van der Waals surface area contributed by atoms with Crippen molar-refractivity contribution in [2.75, 3.05) is 5.32 Å². The number of aryl methyl sites for hydroxylation is 2. The predicted octanol–water partition coefficient (Wildman–Crippen LogP) is 4.61. The van der Waals surface area contributed by atoms with Crippen LogP contribution in [0, 0.1) is 6.92 Å². The fourth-order valence-corrected chi connectivity index (χ4v) is 4.01. The number of fused-ring (bicyclic) bond motifs is 1. The van der Waals surface area contributed by atoms with E-state index in [9.17, 15) is 14.4 Å². The Labute approximate surface area is 203 Å². The van der Waals surface area contributed by atoms with Crippen molar-refractivity contribution in [1.29, 1.82) is 0 Å². The molecule has 4 aromatic rings. The molecule has 1 unspecified atom stereocenters. The summed E-state index contributed by atoms with van der Waals surface area (Å²) in [4.78, 5) is 42.6. The molecule has 0 radical (unpaired) electrons. The van der Waals surface area contributed by atoms with E-state index < -0.39 is 0 Å². The average Bonchev–Trinajstić information content (AvgIpc) is 2.86. The van der Waals surface area contributed by atoms with Crippen LogP contribution in [-0.4, -0.2) is 21.4 Å². The Morgan fingerprint density at radius 1 is 0.971 bits per heavy atom.